The number of fused-ring (bicyclic) bond motifs is 1. The molecule has 0 unspecified atom stereocenters. The van der Waals surface area contributed by atoms with Crippen molar-refractivity contribution < 1.29 is 19.1 Å². The van der Waals surface area contributed by atoms with Gasteiger partial charge in [0, 0.05) is 25.4 Å². The van der Waals surface area contributed by atoms with Crippen molar-refractivity contribution in [3.63, 3.8) is 0 Å². The predicted octanol–water partition coefficient (Wildman–Crippen LogP) is 4.14. The fraction of sp³-hybridized carbons (Fsp3) is 0.345. The molecule has 2 atom stereocenters. The maximum absolute atomic E-state index is 13.2. The molecular weight excluding hydrogens is 490 g/mol. The SMILES string of the molecule is CCN(C(=O)[C@@H](N)CCCC(=O)OCc1ccccc1)[C@H](CC(N)=O)Cc1ccc2ccccc2c1.Cl. The van der Waals surface area contributed by atoms with Gasteiger partial charge in [0.05, 0.1) is 6.04 Å². The van der Waals surface area contributed by atoms with Gasteiger partial charge in [0.15, 0.2) is 0 Å². The molecule has 0 heterocycles. The summed E-state index contributed by atoms with van der Waals surface area (Å²) < 4.78 is 5.29. The van der Waals surface area contributed by atoms with Crippen LogP contribution in [0.5, 0.6) is 0 Å². The van der Waals surface area contributed by atoms with Crippen molar-refractivity contribution in [3.05, 3.63) is 83.9 Å². The predicted molar refractivity (Wildman–Crippen MR) is 148 cm³/mol. The van der Waals surface area contributed by atoms with Gasteiger partial charge < -0.3 is 21.1 Å². The number of hydrogen-bond acceptors (Lipinski definition) is 5. The maximum Gasteiger partial charge on any atom is 0.306 e. The van der Waals surface area contributed by atoms with Gasteiger partial charge in [-0.05, 0) is 48.1 Å². The molecule has 0 spiro atoms. The Morgan fingerprint density at radius 2 is 1.59 bits per heavy atom. The van der Waals surface area contributed by atoms with Crippen molar-refractivity contribution in [1.82, 2.24) is 4.90 Å². The Morgan fingerprint density at radius 3 is 2.27 bits per heavy atom. The molecule has 0 saturated carbocycles. The Labute approximate surface area is 224 Å². The van der Waals surface area contributed by atoms with Gasteiger partial charge in [-0.3, -0.25) is 14.4 Å². The molecule has 2 amide bonds. The van der Waals surface area contributed by atoms with Crippen molar-refractivity contribution in [3.8, 4) is 0 Å². The van der Waals surface area contributed by atoms with Crippen LogP contribution >= 0.6 is 12.4 Å². The Morgan fingerprint density at radius 1 is 0.919 bits per heavy atom. The number of carbonyl (C=O) groups is 3. The minimum Gasteiger partial charge on any atom is -0.461 e. The zero-order valence-electron chi connectivity index (χ0n) is 21.2. The second-order valence-corrected chi connectivity index (χ2v) is 8.98. The van der Waals surface area contributed by atoms with E-state index in [0.717, 1.165) is 21.9 Å². The monoisotopic (exact) mass is 525 g/mol. The van der Waals surface area contributed by atoms with E-state index in [0.29, 0.717) is 25.8 Å². The van der Waals surface area contributed by atoms with Crippen LogP contribution in [0.4, 0.5) is 0 Å². The molecule has 0 bridgehead atoms. The van der Waals surface area contributed by atoms with E-state index in [1.807, 2.05) is 73.7 Å². The Bertz CT molecular complexity index is 1170. The highest BCUT2D eigenvalue weighted by Crippen LogP contribution is 2.20. The van der Waals surface area contributed by atoms with Crippen LogP contribution < -0.4 is 11.5 Å². The number of ether oxygens (including phenoxy) is 1. The first-order valence-electron chi connectivity index (χ1n) is 12.4. The maximum atomic E-state index is 13.2. The van der Waals surface area contributed by atoms with Gasteiger partial charge in [-0.2, -0.15) is 0 Å². The number of nitrogens with zero attached hydrogens (tertiary/aromatic N) is 1. The van der Waals surface area contributed by atoms with E-state index in [4.69, 9.17) is 16.2 Å². The van der Waals surface area contributed by atoms with Gasteiger partial charge in [-0.15, -0.1) is 12.4 Å². The average molecular weight is 526 g/mol. The summed E-state index contributed by atoms with van der Waals surface area (Å²) in [4.78, 5) is 38.8. The lowest BCUT2D eigenvalue weighted by molar-refractivity contribution is -0.145. The second-order valence-electron chi connectivity index (χ2n) is 8.98. The smallest absolute Gasteiger partial charge is 0.306 e. The highest BCUT2D eigenvalue weighted by Gasteiger charge is 2.28. The number of nitrogens with two attached hydrogens (primary N) is 2. The van der Waals surface area contributed by atoms with Crippen molar-refractivity contribution >= 4 is 41.0 Å². The van der Waals surface area contributed by atoms with Crippen LogP contribution in [0.3, 0.4) is 0 Å². The summed E-state index contributed by atoms with van der Waals surface area (Å²) in [5.41, 5.74) is 13.7. The number of esters is 1. The topological polar surface area (TPSA) is 116 Å². The Hall–Kier alpha value is -3.42. The minimum absolute atomic E-state index is 0. The van der Waals surface area contributed by atoms with Gasteiger partial charge >= 0.3 is 5.97 Å². The van der Waals surface area contributed by atoms with Gasteiger partial charge in [0.2, 0.25) is 11.8 Å². The molecule has 7 nitrogen and oxygen atoms in total. The number of rotatable bonds is 13. The normalized spacial score (nSPS) is 12.3. The number of carbonyl (C=O) groups excluding carboxylic acids is 3. The van der Waals surface area contributed by atoms with Crippen molar-refractivity contribution in [2.45, 2.75) is 57.7 Å². The number of hydrogen-bond donors (Lipinski definition) is 2. The fourth-order valence-corrected chi connectivity index (χ4v) is 4.37. The number of halogens is 1. The highest BCUT2D eigenvalue weighted by atomic mass is 35.5. The van der Waals surface area contributed by atoms with Crippen molar-refractivity contribution in [1.29, 1.82) is 0 Å². The molecule has 3 aromatic rings. The van der Waals surface area contributed by atoms with Crippen LogP contribution in [0.1, 0.15) is 43.7 Å². The lowest BCUT2D eigenvalue weighted by atomic mass is 9.97. The second kappa shape index (κ2) is 15.0. The molecular formula is C29H36ClN3O4. The van der Waals surface area contributed by atoms with Crippen molar-refractivity contribution in [2.24, 2.45) is 11.5 Å². The molecule has 0 saturated heterocycles. The summed E-state index contributed by atoms with van der Waals surface area (Å²) in [6.07, 6.45) is 1.50. The van der Waals surface area contributed by atoms with E-state index in [1.165, 1.54) is 0 Å². The highest BCUT2D eigenvalue weighted by molar-refractivity contribution is 5.85. The molecule has 0 radical (unpaired) electrons. The lowest BCUT2D eigenvalue weighted by Gasteiger charge is -2.32. The van der Waals surface area contributed by atoms with Gasteiger partial charge in [0.1, 0.15) is 6.61 Å². The Balaban J connectivity index is 0.00000481. The van der Waals surface area contributed by atoms with Gasteiger partial charge in [0.25, 0.3) is 0 Å². The zero-order chi connectivity index (χ0) is 25.9. The third-order valence-electron chi connectivity index (χ3n) is 6.24. The van der Waals surface area contributed by atoms with Crippen LogP contribution in [0.15, 0.2) is 72.8 Å². The number of amides is 2. The Kier molecular flexibility index (Phi) is 12.1. The molecule has 0 aliphatic rings. The first-order valence-corrected chi connectivity index (χ1v) is 12.4. The standard InChI is InChI=1S/C29H35N3O4.ClH/c1-2-32(25(19-27(31)33)18-22-15-16-23-11-6-7-12-24(23)17-22)29(35)26(30)13-8-14-28(34)36-20-21-9-4-3-5-10-21;/h3-7,9-12,15-17,25-26H,2,8,13-14,18-20,30H2,1H3,(H2,31,33);1H/t25-,26-;/m0./s1. The first-order chi connectivity index (χ1) is 17.4. The summed E-state index contributed by atoms with van der Waals surface area (Å²) >= 11 is 0. The molecule has 37 heavy (non-hydrogen) atoms. The summed E-state index contributed by atoms with van der Waals surface area (Å²) in [6.45, 7) is 2.48. The van der Waals surface area contributed by atoms with E-state index in [-0.39, 0.29) is 43.7 Å². The molecule has 0 aliphatic heterocycles. The molecule has 0 aliphatic carbocycles. The summed E-state index contributed by atoms with van der Waals surface area (Å²) in [6, 6.07) is 22.4. The minimum atomic E-state index is -0.779. The number of benzene rings is 3. The fourth-order valence-electron chi connectivity index (χ4n) is 4.37. The molecule has 8 heteroatoms. The molecule has 4 N–H and O–H groups in total. The van der Waals surface area contributed by atoms with Crippen LogP contribution in [0.25, 0.3) is 10.8 Å². The van der Waals surface area contributed by atoms with Gasteiger partial charge in [-0.1, -0.05) is 72.8 Å². The third kappa shape index (κ3) is 9.19. The van der Waals surface area contributed by atoms with E-state index in [2.05, 4.69) is 6.07 Å². The largest absolute Gasteiger partial charge is 0.461 e. The molecule has 3 rings (SSSR count). The summed E-state index contributed by atoms with van der Waals surface area (Å²) in [5.74, 6) is -1.04. The van der Waals surface area contributed by atoms with Crippen LogP contribution in [0.2, 0.25) is 0 Å². The molecule has 3 aromatic carbocycles. The lowest BCUT2D eigenvalue weighted by Crippen LogP contribution is -2.50. The van der Waals surface area contributed by atoms with Crippen molar-refractivity contribution in [2.75, 3.05) is 6.54 Å². The zero-order valence-corrected chi connectivity index (χ0v) is 22.0. The summed E-state index contributed by atoms with van der Waals surface area (Å²) in [5, 5.41) is 2.22. The first kappa shape index (κ1) is 29.8. The average Bonchev–Trinajstić information content (AvgIpc) is 2.88. The molecule has 0 fully saturated rings. The van der Waals surface area contributed by atoms with Gasteiger partial charge in [-0.25, -0.2) is 0 Å². The van der Waals surface area contributed by atoms with Crippen LogP contribution in [-0.4, -0.2) is 41.3 Å². The van der Waals surface area contributed by atoms with E-state index >= 15 is 0 Å². The quantitative estimate of drug-likeness (QED) is 0.325. The van der Waals surface area contributed by atoms with E-state index < -0.39 is 18.0 Å². The molecule has 0 aromatic heterocycles. The summed E-state index contributed by atoms with van der Waals surface area (Å²) in [7, 11) is 0. The number of primary amides is 1. The van der Waals surface area contributed by atoms with Crippen LogP contribution in [-0.2, 0) is 32.1 Å². The van der Waals surface area contributed by atoms with E-state index in [1.54, 1.807) is 4.90 Å². The van der Waals surface area contributed by atoms with E-state index in [9.17, 15) is 14.4 Å². The number of likely N-dealkylation sites (N-methyl/N-ethyl adjacent to an activating group) is 1. The van der Waals surface area contributed by atoms with Crippen LogP contribution in [0, 0.1) is 0 Å². The molecule has 198 valence electrons. The third-order valence-corrected chi connectivity index (χ3v) is 6.24.